The summed E-state index contributed by atoms with van der Waals surface area (Å²) in [4.78, 5) is 0. The molecule has 15 heavy (non-hydrogen) atoms. The van der Waals surface area contributed by atoms with E-state index >= 15 is 0 Å². The molecule has 0 radical (unpaired) electrons. The van der Waals surface area contributed by atoms with Gasteiger partial charge in [-0.3, -0.25) is 0 Å². The first-order valence-corrected chi connectivity index (χ1v) is 6.32. The van der Waals surface area contributed by atoms with E-state index in [1.54, 1.807) is 0 Å². The molecule has 0 aromatic carbocycles. The fourth-order valence-electron chi connectivity index (χ4n) is 4.77. The summed E-state index contributed by atoms with van der Waals surface area (Å²) in [5, 5.41) is 11.1. The Morgan fingerprint density at radius 1 is 1.20 bits per heavy atom. The van der Waals surface area contributed by atoms with Crippen LogP contribution in [0.25, 0.3) is 0 Å². The van der Waals surface area contributed by atoms with Crippen LogP contribution in [-0.4, -0.2) is 10.7 Å². The van der Waals surface area contributed by atoms with Crippen LogP contribution in [0.3, 0.4) is 0 Å². The number of aliphatic hydroxyl groups is 1. The maximum atomic E-state index is 11.1. The topological polar surface area (TPSA) is 20.2 Å². The third-order valence-corrected chi connectivity index (χ3v) is 6.14. The van der Waals surface area contributed by atoms with Crippen LogP contribution < -0.4 is 0 Å². The van der Waals surface area contributed by atoms with Crippen LogP contribution in [0.15, 0.2) is 12.2 Å². The van der Waals surface area contributed by atoms with Gasteiger partial charge in [-0.1, -0.05) is 32.9 Å². The van der Waals surface area contributed by atoms with Crippen LogP contribution in [0.5, 0.6) is 0 Å². The normalized spacial score (nSPS) is 55.7. The number of hydrogen-bond acceptors (Lipinski definition) is 1. The van der Waals surface area contributed by atoms with E-state index in [1.165, 1.54) is 25.7 Å². The summed E-state index contributed by atoms with van der Waals surface area (Å²) in [6.07, 6.45) is 9.38. The predicted octanol–water partition coefficient (Wildman–Crippen LogP) is 3.14. The van der Waals surface area contributed by atoms with Crippen molar-refractivity contribution in [1.29, 1.82) is 0 Å². The van der Waals surface area contributed by atoms with Gasteiger partial charge in [0.2, 0.25) is 0 Å². The predicted molar refractivity (Wildman–Crippen MR) is 61.4 cm³/mol. The van der Waals surface area contributed by atoms with Gasteiger partial charge in [0.15, 0.2) is 0 Å². The molecule has 4 atom stereocenters. The second-order valence-corrected chi connectivity index (χ2v) is 6.71. The average Bonchev–Trinajstić information content (AvgIpc) is 2.16. The summed E-state index contributed by atoms with van der Waals surface area (Å²) in [5.41, 5.74) is -0.350. The first-order valence-electron chi connectivity index (χ1n) is 6.32. The zero-order valence-electron chi connectivity index (χ0n) is 10.1. The number of fused-ring (bicyclic) bond motifs is 1. The van der Waals surface area contributed by atoms with Gasteiger partial charge in [-0.05, 0) is 37.5 Å². The van der Waals surface area contributed by atoms with Gasteiger partial charge in [-0.15, -0.1) is 0 Å². The lowest BCUT2D eigenvalue weighted by molar-refractivity contribution is -0.239. The monoisotopic (exact) mass is 206 g/mol. The third kappa shape index (κ3) is 0.860. The highest BCUT2D eigenvalue weighted by molar-refractivity contribution is 5.27. The zero-order chi connectivity index (χ0) is 10.9. The molecule has 3 saturated carbocycles. The molecule has 1 heteroatoms. The molecule has 0 aromatic rings. The molecule has 3 fully saturated rings. The smallest absolute Gasteiger partial charge is 0.0936 e. The Morgan fingerprint density at radius 2 is 1.93 bits per heavy atom. The van der Waals surface area contributed by atoms with E-state index in [9.17, 15) is 5.11 Å². The second kappa shape index (κ2) is 2.51. The number of rotatable bonds is 0. The van der Waals surface area contributed by atoms with Crippen molar-refractivity contribution < 1.29 is 5.11 Å². The lowest BCUT2D eigenvalue weighted by atomic mass is 9.38. The van der Waals surface area contributed by atoms with Gasteiger partial charge in [-0.2, -0.15) is 0 Å². The Hall–Kier alpha value is -0.300. The summed E-state index contributed by atoms with van der Waals surface area (Å²) in [5.74, 6) is 1.44. The summed E-state index contributed by atoms with van der Waals surface area (Å²) in [7, 11) is 0. The van der Waals surface area contributed by atoms with Crippen molar-refractivity contribution in [3.05, 3.63) is 12.2 Å². The van der Waals surface area contributed by atoms with E-state index < -0.39 is 5.60 Å². The Morgan fingerprint density at radius 3 is 2.60 bits per heavy atom. The van der Waals surface area contributed by atoms with Gasteiger partial charge < -0.3 is 5.11 Å². The molecule has 0 unspecified atom stereocenters. The SMILES string of the molecule is CC1(C)[C@@H]2CC[C@@]3(C)[C@H](CC=C[C@@]13O)C2. The van der Waals surface area contributed by atoms with Crippen LogP contribution in [0.2, 0.25) is 0 Å². The van der Waals surface area contributed by atoms with E-state index in [0.717, 1.165) is 11.8 Å². The van der Waals surface area contributed by atoms with Crippen LogP contribution in [0.4, 0.5) is 0 Å². The fraction of sp³-hybridized carbons (Fsp3) is 0.857. The van der Waals surface area contributed by atoms with E-state index in [2.05, 4.69) is 32.9 Å². The molecule has 1 nitrogen and oxygen atoms in total. The minimum atomic E-state index is -0.552. The van der Waals surface area contributed by atoms with Gasteiger partial charge in [0.25, 0.3) is 0 Å². The molecule has 4 bridgehead atoms. The minimum Gasteiger partial charge on any atom is -0.385 e. The highest BCUT2D eigenvalue weighted by atomic mass is 16.3. The lowest BCUT2D eigenvalue weighted by Crippen LogP contribution is -2.68. The van der Waals surface area contributed by atoms with Gasteiger partial charge >= 0.3 is 0 Å². The van der Waals surface area contributed by atoms with Crippen LogP contribution >= 0.6 is 0 Å². The molecular weight excluding hydrogens is 184 g/mol. The molecule has 0 aromatic heterocycles. The molecular formula is C14H22O. The number of allylic oxidation sites excluding steroid dienone is 1. The Kier molecular flexibility index (Phi) is 1.65. The quantitative estimate of drug-likeness (QED) is 0.604. The molecule has 0 aliphatic heterocycles. The highest BCUT2D eigenvalue weighted by Gasteiger charge is 2.67. The molecule has 4 rings (SSSR count). The summed E-state index contributed by atoms with van der Waals surface area (Å²) in [6, 6.07) is 0. The molecule has 0 spiro atoms. The first kappa shape index (κ1) is 9.89. The van der Waals surface area contributed by atoms with Crippen molar-refractivity contribution in [2.24, 2.45) is 22.7 Å². The molecule has 4 aliphatic carbocycles. The second-order valence-electron chi connectivity index (χ2n) is 6.71. The van der Waals surface area contributed by atoms with Gasteiger partial charge in [0, 0.05) is 10.8 Å². The van der Waals surface area contributed by atoms with E-state index in [1.807, 2.05) is 0 Å². The van der Waals surface area contributed by atoms with Gasteiger partial charge in [-0.25, -0.2) is 0 Å². The van der Waals surface area contributed by atoms with Crippen molar-refractivity contribution in [2.75, 3.05) is 0 Å². The van der Waals surface area contributed by atoms with Crippen LogP contribution in [-0.2, 0) is 0 Å². The minimum absolute atomic E-state index is 0.0629. The first-order chi connectivity index (χ1) is 6.92. The lowest BCUT2D eigenvalue weighted by Gasteiger charge is -2.68. The van der Waals surface area contributed by atoms with Gasteiger partial charge in [0.05, 0.1) is 5.60 Å². The van der Waals surface area contributed by atoms with Crippen LogP contribution in [0.1, 0.15) is 46.5 Å². The highest BCUT2D eigenvalue weighted by Crippen LogP contribution is 2.68. The number of hydrogen-bond donors (Lipinski definition) is 1. The molecule has 0 heterocycles. The zero-order valence-corrected chi connectivity index (χ0v) is 10.1. The molecule has 4 aliphatic rings. The van der Waals surface area contributed by atoms with Crippen molar-refractivity contribution >= 4 is 0 Å². The summed E-state index contributed by atoms with van der Waals surface area (Å²) in [6.45, 7) is 6.85. The summed E-state index contributed by atoms with van der Waals surface area (Å²) < 4.78 is 0. The van der Waals surface area contributed by atoms with Gasteiger partial charge in [0.1, 0.15) is 0 Å². The Bertz CT molecular complexity index is 330. The molecule has 1 N–H and O–H groups in total. The van der Waals surface area contributed by atoms with E-state index in [0.29, 0.717) is 0 Å². The largest absolute Gasteiger partial charge is 0.385 e. The Balaban J connectivity index is 2.21. The van der Waals surface area contributed by atoms with Crippen molar-refractivity contribution in [3.63, 3.8) is 0 Å². The average molecular weight is 206 g/mol. The van der Waals surface area contributed by atoms with Crippen molar-refractivity contribution in [1.82, 2.24) is 0 Å². The Labute approximate surface area is 92.6 Å². The van der Waals surface area contributed by atoms with E-state index in [-0.39, 0.29) is 10.8 Å². The van der Waals surface area contributed by atoms with Crippen LogP contribution in [0, 0.1) is 22.7 Å². The fourth-order valence-corrected chi connectivity index (χ4v) is 4.77. The van der Waals surface area contributed by atoms with Crippen molar-refractivity contribution in [3.8, 4) is 0 Å². The molecule has 0 saturated heterocycles. The van der Waals surface area contributed by atoms with E-state index in [4.69, 9.17) is 0 Å². The standard InChI is InChI=1S/C14H22O/c1-12(2)10-6-8-13(3)11(9-10)5-4-7-14(12,13)15/h4,7,10-11,15H,5-6,8-9H2,1-3H3/t10-,11-,13+,14-/m1/s1. The van der Waals surface area contributed by atoms with Crippen molar-refractivity contribution in [2.45, 2.75) is 52.1 Å². The molecule has 84 valence electrons. The maximum absolute atomic E-state index is 11.1. The maximum Gasteiger partial charge on any atom is 0.0936 e. The third-order valence-electron chi connectivity index (χ3n) is 6.14. The summed E-state index contributed by atoms with van der Waals surface area (Å²) >= 11 is 0. The molecule has 0 amide bonds.